The van der Waals surface area contributed by atoms with Gasteiger partial charge in [-0.25, -0.2) is 0 Å². The average molecular weight is 261 g/mol. The first-order valence-electron chi connectivity index (χ1n) is 7.53. The summed E-state index contributed by atoms with van der Waals surface area (Å²) in [6.45, 7) is 4.24. The lowest BCUT2D eigenvalue weighted by Gasteiger charge is -2.15. The van der Waals surface area contributed by atoms with Crippen molar-refractivity contribution in [1.29, 1.82) is 0 Å². The van der Waals surface area contributed by atoms with Crippen LogP contribution in [0.15, 0.2) is 11.6 Å². The first-order valence-corrected chi connectivity index (χ1v) is 7.53. The molecule has 0 aliphatic heterocycles. The highest BCUT2D eigenvalue weighted by molar-refractivity contribution is 5.25. The first-order chi connectivity index (χ1) is 9.09. The minimum absolute atomic E-state index is 0.233. The Morgan fingerprint density at radius 1 is 1.32 bits per heavy atom. The van der Waals surface area contributed by atoms with Crippen LogP contribution in [0.3, 0.4) is 0 Å². The maximum atomic E-state index is 6.38. The van der Waals surface area contributed by atoms with Crippen molar-refractivity contribution in [3.05, 3.63) is 28.6 Å². The van der Waals surface area contributed by atoms with Crippen molar-refractivity contribution in [3.63, 3.8) is 0 Å². The van der Waals surface area contributed by atoms with Crippen molar-refractivity contribution in [2.45, 2.75) is 64.8 Å². The molecule has 0 aromatic carbocycles. The number of allylic oxidation sites excluding steroid dienone is 1. The largest absolute Gasteiger partial charge is 0.324 e. The summed E-state index contributed by atoms with van der Waals surface area (Å²) in [5.74, 6) is 0. The van der Waals surface area contributed by atoms with Gasteiger partial charge in [-0.1, -0.05) is 18.1 Å². The van der Waals surface area contributed by atoms with Crippen LogP contribution in [0, 0.1) is 13.8 Å². The Kier molecular flexibility index (Phi) is 4.81. The fourth-order valence-electron chi connectivity index (χ4n) is 3.04. The second-order valence-corrected chi connectivity index (χ2v) is 5.80. The summed E-state index contributed by atoms with van der Waals surface area (Å²) in [5.41, 5.74) is 11.7. The molecule has 2 N–H and O–H groups in total. The number of hydrogen-bond donors (Lipinski definition) is 1. The Balaban J connectivity index is 1.96. The van der Waals surface area contributed by atoms with Gasteiger partial charge in [0.1, 0.15) is 0 Å². The standard InChI is InChI=1S/C16H27N3/c1-12-15(13(2)19(3)18-12)10-11-16(17)14-8-6-4-5-7-9-14/h8,16H,4-7,9-11,17H2,1-3H3. The number of aryl methyl sites for hydroxylation is 2. The Bertz CT molecular complexity index is 457. The van der Waals surface area contributed by atoms with Crippen molar-refractivity contribution in [2.24, 2.45) is 12.8 Å². The summed E-state index contributed by atoms with van der Waals surface area (Å²) in [4.78, 5) is 0. The van der Waals surface area contributed by atoms with E-state index in [9.17, 15) is 0 Å². The molecule has 0 saturated heterocycles. The molecule has 0 fully saturated rings. The summed E-state index contributed by atoms with van der Waals surface area (Å²) >= 11 is 0. The number of hydrogen-bond acceptors (Lipinski definition) is 2. The third-order valence-electron chi connectivity index (χ3n) is 4.42. The van der Waals surface area contributed by atoms with Crippen molar-refractivity contribution >= 4 is 0 Å². The molecule has 1 aliphatic rings. The third-order valence-corrected chi connectivity index (χ3v) is 4.42. The van der Waals surface area contributed by atoms with Crippen LogP contribution < -0.4 is 5.73 Å². The van der Waals surface area contributed by atoms with E-state index in [1.807, 2.05) is 11.7 Å². The van der Waals surface area contributed by atoms with Crippen LogP contribution in [0.2, 0.25) is 0 Å². The Morgan fingerprint density at radius 2 is 2.11 bits per heavy atom. The molecule has 106 valence electrons. The van der Waals surface area contributed by atoms with Crippen LogP contribution in [0.5, 0.6) is 0 Å². The molecule has 3 nitrogen and oxygen atoms in total. The minimum atomic E-state index is 0.233. The quantitative estimate of drug-likeness (QED) is 0.846. The van der Waals surface area contributed by atoms with Gasteiger partial charge in [-0.15, -0.1) is 0 Å². The second-order valence-electron chi connectivity index (χ2n) is 5.80. The van der Waals surface area contributed by atoms with Crippen LogP contribution in [0.4, 0.5) is 0 Å². The topological polar surface area (TPSA) is 43.8 Å². The van der Waals surface area contributed by atoms with E-state index in [1.165, 1.54) is 48.9 Å². The highest BCUT2D eigenvalue weighted by Gasteiger charge is 2.14. The molecule has 0 saturated carbocycles. The molecular formula is C16H27N3. The fraction of sp³-hybridized carbons (Fsp3) is 0.688. The predicted molar refractivity (Wildman–Crippen MR) is 80.1 cm³/mol. The zero-order valence-corrected chi connectivity index (χ0v) is 12.6. The zero-order valence-electron chi connectivity index (χ0n) is 12.6. The van der Waals surface area contributed by atoms with Gasteiger partial charge in [-0.05, 0) is 57.9 Å². The summed E-state index contributed by atoms with van der Waals surface area (Å²) in [5, 5.41) is 4.48. The van der Waals surface area contributed by atoms with Gasteiger partial charge in [0.15, 0.2) is 0 Å². The van der Waals surface area contributed by atoms with E-state index in [2.05, 4.69) is 25.0 Å². The zero-order chi connectivity index (χ0) is 13.8. The van der Waals surface area contributed by atoms with Crippen LogP contribution in [-0.4, -0.2) is 15.8 Å². The summed E-state index contributed by atoms with van der Waals surface area (Å²) in [7, 11) is 2.01. The number of rotatable bonds is 4. The maximum Gasteiger partial charge on any atom is 0.0628 e. The number of nitrogens with two attached hydrogens (primary N) is 1. The molecule has 2 rings (SSSR count). The van der Waals surface area contributed by atoms with Crippen molar-refractivity contribution in [1.82, 2.24) is 9.78 Å². The fourth-order valence-corrected chi connectivity index (χ4v) is 3.04. The van der Waals surface area contributed by atoms with Gasteiger partial charge in [-0.3, -0.25) is 4.68 Å². The molecule has 3 heteroatoms. The third kappa shape index (κ3) is 3.47. The van der Waals surface area contributed by atoms with Crippen molar-refractivity contribution in [3.8, 4) is 0 Å². The normalized spacial score (nSPS) is 18.0. The van der Waals surface area contributed by atoms with E-state index in [1.54, 1.807) is 0 Å². The predicted octanol–water partition coefficient (Wildman–Crippen LogP) is 3.19. The molecule has 19 heavy (non-hydrogen) atoms. The Hall–Kier alpha value is -1.09. The molecular weight excluding hydrogens is 234 g/mol. The van der Waals surface area contributed by atoms with Gasteiger partial charge in [-0.2, -0.15) is 5.10 Å². The molecule has 1 aliphatic carbocycles. The monoisotopic (exact) mass is 261 g/mol. The molecule has 0 radical (unpaired) electrons. The maximum absolute atomic E-state index is 6.38. The van der Waals surface area contributed by atoms with Gasteiger partial charge < -0.3 is 5.73 Å². The Labute approximate surface area is 116 Å². The minimum Gasteiger partial charge on any atom is -0.324 e. The van der Waals surface area contributed by atoms with Crippen LogP contribution in [0.1, 0.15) is 55.5 Å². The molecule has 1 atom stereocenters. The molecule has 1 aromatic heterocycles. The lowest BCUT2D eigenvalue weighted by atomic mass is 9.96. The molecule has 0 spiro atoms. The van der Waals surface area contributed by atoms with Crippen LogP contribution in [-0.2, 0) is 13.5 Å². The number of nitrogens with zero attached hydrogens (tertiary/aromatic N) is 2. The summed E-state index contributed by atoms with van der Waals surface area (Å²) in [6.07, 6.45) is 10.9. The smallest absolute Gasteiger partial charge is 0.0628 e. The second kappa shape index (κ2) is 6.38. The Morgan fingerprint density at radius 3 is 2.79 bits per heavy atom. The first kappa shape index (κ1) is 14.3. The summed E-state index contributed by atoms with van der Waals surface area (Å²) in [6, 6.07) is 0.233. The SMILES string of the molecule is Cc1nn(C)c(C)c1CCC(N)C1=CCCCCC1. The highest BCUT2D eigenvalue weighted by Crippen LogP contribution is 2.22. The molecule has 1 aromatic rings. The van der Waals surface area contributed by atoms with Crippen molar-refractivity contribution < 1.29 is 0 Å². The van der Waals surface area contributed by atoms with Crippen molar-refractivity contribution in [2.75, 3.05) is 0 Å². The average Bonchev–Trinajstić information content (AvgIpc) is 2.62. The van der Waals surface area contributed by atoms with Gasteiger partial charge in [0, 0.05) is 18.8 Å². The van der Waals surface area contributed by atoms with E-state index < -0.39 is 0 Å². The number of aromatic nitrogens is 2. The molecule has 1 heterocycles. The van der Waals surface area contributed by atoms with E-state index in [4.69, 9.17) is 5.73 Å². The summed E-state index contributed by atoms with van der Waals surface area (Å²) < 4.78 is 1.97. The van der Waals surface area contributed by atoms with E-state index >= 15 is 0 Å². The molecule has 0 bridgehead atoms. The highest BCUT2D eigenvalue weighted by atomic mass is 15.3. The lowest BCUT2D eigenvalue weighted by Crippen LogP contribution is -2.23. The molecule has 0 amide bonds. The van der Waals surface area contributed by atoms with E-state index in [-0.39, 0.29) is 6.04 Å². The van der Waals surface area contributed by atoms with Crippen LogP contribution in [0.25, 0.3) is 0 Å². The van der Waals surface area contributed by atoms with Gasteiger partial charge in [0.2, 0.25) is 0 Å². The van der Waals surface area contributed by atoms with E-state index in [0.29, 0.717) is 0 Å². The van der Waals surface area contributed by atoms with Gasteiger partial charge in [0.25, 0.3) is 0 Å². The van der Waals surface area contributed by atoms with Gasteiger partial charge >= 0.3 is 0 Å². The lowest BCUT2D eigenvalue weighted by molar-refractivity contribution is 0.637. The van der Waals surface area contributed by atoms with Gasteiger partial charge in [0.05, 0.1) is 5.69 Å². The van der Waals surface area contributed by atoms with Crippen LogP contribution >= 0.6 is 0 Å². The molecule has 1 unspecified atom stereocenters. The van der Waals surface area contributed by atoms with E-state index in [0.717, 1.165) is 18.5 Å².